The SMILES string of the molecule is CC(C)CC(CC(C)C)N1CCS(=O)(=O)CC1CC(=O)O. The zero-order chi connectivity index (χ0) is 16.2. The van der Waals surface area contributed by atoms with Crippen molar-refractivity contribution in [2.45, 2.75) is 59.0 Å². The Morgan fingerprint density at radius 1 is 1.19 bits per heavy atom. The number of carboxylic acid groups (broad SMARTS) is 1. The quantitative estimate of drug-likeness (QED) is 0.777. The standard InChI is InChI=1S/C15H29NO4S/c1-11(2)7-13(8-12(3)4)16-5-6-21(19,20)10-14(16)9-15(17)18/h11-14H,5-10H2,1-4H3,(H,17,18). The summed E-state index contributed by atoms with van der Waals surface area (Å²) in [4.78, 5) is 13.2. The lowest BCUT2D eigenvalue weighted by atomic mass is 9.93. The Labute approximate surface area is 128 Å². The summed E-state index contributed by atoms with van der Waals surface area (Å²) < 4.78 is 23.7. The van der Waals surface area contributed by atoms with Crippen LogP contribution in [0.25, 0.3) is 0 Å². The van der Waals surface area contributed by atoms with E-state index in [1.54, 1.807) is 0 Å². The van der Waals surface area contributed by atoms with Gasteiger partial charge in [0.25, 0.3) is 0 Å². The molecule has 1 saturated heterocycles. The third kappa shape index (κ3) is 6.34. The molecular weight excluding hydrogens is 290 g/mol. The molecule has 0 aromatic heterocycles. The van der Waals surface area contributed by atoms with E-state index in [0.29, 0.717) is 18.4 Å². The van der Waals surface area contributed by atoms with Gasteiger partial charge in [-0.2, -0.15) is 0 Å². The molecule has 1 unspecified atom stereocenters. The first-order valence-electron chi connectivity index (χ1n) is 7.78. The van der Waals surface area contributed by atoms with Crippen LogP contribution in [-0.2, 0) is 14.6 Å². The minimum atomic E-state index is -3.11. The van der Waals surface area contributed by atoms with E-state index in [9.17, 15) is 13.2 Å². The summed E-state index contributed by atoms with van der Waals surface area (Å²) in [5.74, 6) is 0.229. The number of hydrogen-bond acceptors (Lipinski definition) is 4. The Bertz CT molecular complexity index is 435. The molecule has 1 heterocycles. The molecule has 0 saturated carbocycles. The lowest BCUT2D eigenvalue weighted by Crippen LogP contribution is -2.54. The van der Waals surface area contributed by atoms with Gasteiger partial charge in [-0.3, -0.25) is 9.69 Å². The number of nitrogens with zero attached hydrogens (tertiary/aromatic N) is 1. The summed E-state index contributed by atoms with van der Waals surface area (Å²) in [7, 11) is -3.11. The summed E-state index contributed by atoms with van der Waals surface area (Å²) >= 11 is 0. The van der Waals surface area contributed by atoms with Gasteiger partial charge in [0.1, 0.15) is 0 Å². The molecule has 0 aliphatic carbocycles. The zero-order valence-corrected chi connectivity index (χ0v) is 14.4. The maximum Gasteiger partial charge on any atom is 0.304 e. The summed E-state index contributed by atoms with van der Waals surface area (Å²) in [5.41, 5.74) is 0. The predicted octanol–water partition coefficient (Wildman–Crippen LogP) is 2.02. The van der Waals surface area contributed by atoms with Crippen molar-refractivity contribution in [3.8, 4) is 0 Å². The maximum atomic E-state index is 11.8. The molecule has 21 heavy (non-hydrogen) atoms. The van der Waals surface area contributed by atoms with E-state index in [-0.39, 0.29) is 30.0 Å². The molecule has 5 nitrogen and oxygen atoms in total. The van der Waals surface area contributed by atoms with Crippen LogP contribution in [0.3, 0.4) is 0 Å². The summed E-state index contributed by atoms with van der Waals surface area (Å²) in [5, 5.41) is 9.08. The molecule has 1 atom stereocenters. The van der Waals surface area contributed by atoms with Gasteiger partial charge in [0.2, 0.25) is 0 Å². The van der Waals surface area contributed by atoms with Crippen molar-refractivity contribution < 1.29 is 18.3 Å². The third-order valence-corrected chi connectivity index (χ3v) is 5.64. The molecule has 6 heteroatoms. The summed E-state index contributed by atoms with van der Waals surface area (Å²) in [6.07, 6.45) is 1.87. The number of rotatable bonds is 7. The Balaban J connectivity index is 2.92. The van der Waals surface area contributed by atoms with Crippen molar-refractivity contribution in [2.75, 3.05) is 18.1 Å². The molecule has 1 fully saturated rings. The van der Waals surface area contributed by atoms with E-state index < -0.39 is 15.8 Å². The van der Waals surface area contributed by atoms with E-state index in [4.69, 9.17) is 5.11 Å². The van der Waals surface area contributed by atoms with Crippen molar-refractivity contribution >= 4 is 15.8 Å². The van der Waals surface area contributed by atoms with Gasteiger partial charge in [-0.25, -0.2) is 8.42 Å². The van der Waals surface area contributed by atoms with Crippen LogP contribution >= 0.6 is 0 Å². The van der Waals surface area contributed by atoms with Crippen molar-refractivity contribution in [3.63, 3.8) is 0 Å². The van der Waals surface area contributed by atoms with Crippen LogP contribution in [0.5, 0.6) is 0 Å². The van der Waals surface area contributed by atoms with Crippen LogP contribution in [0.15, 0.2) is 0 Å². The van der Waals surface area contributed by atoms with Crippen LogP contribution in [0, 0.1) is 11.8 Å². The molecule has 1 aliphatic heterocycles. The van der Waals surface area contributed by atoms with Crippen molar-refractivity contribution in [1.82, 2.24) is 4.90 Å². The van der Waals surface area contributed by atoms with Gasteiger partial charge < -0.3 is 5.11 Å². The molecule has 124 valence electrons. The lowest BCUT2D eigenvalue weighted by molar-refractivity contribution is -0.138. The van der Waals surface area contributed by atoms with E-state index >= 15 is 0 Å². The average Bonchev–Trinajstić information content (AvgIpc) is 2.24. The number of aliphatic carboxylic acids is 1. The van der Waals surface area contributed by atoms with E-state index in [1.807, 2.05) is 0 Å². The molecule has 1 N–H and O–H groups in total. The largest absolute Gasteiger partial charge is 0.481 e. The first-order valence-corrected chi connectivity index (χ1v) is 9.60. The second kappa shape index (κ2) is 7.58. The fourth-order valence-electron chi connectivity index (χ4n) is 3.21. The van der Waals surface area contributed by atoms with Crippen molar-refractivity contribution in [1.29, 1.82) is 0 Å². The smallest absolute Gasteiger partial charge is 0.304 e. The van der Waals surface area contributed by atoms with Crippen LogP contribution in [0.2, 0.25) is 0 Å². The van der Waals surface area contributed by atoms with Crippen LogP contribution in [0.4, 0.5) is 0 Å². The Hall–Kier alpha value is -0.620. The maximum absolute atomic E-state index is 11.8. The second-order valence-corrected chi connectivity index (χ2v) is 9.25. The predicted molar refractivity (Wildman–Crippen MR) is 84.1 cm³/mol. The highest BCUT2D eigenvalue weighted by Gasteiger charge is 2.36. The van der Waals surface area contributed by atoms with Crippen LogP contribution in [0.1, 0.15) is 47.0 Å². The molecule has 1 rings (SSSR count). The van der Waals surface area contributed by atoms with Crippen LogP contribution < -0.4 is 0 Å². The van der Waals surface area contributed by atoms with E-state index in [1.165, 1.54) is 0 Å². The number of sulfone groups is 1. The molecular formula is C15H29NO4S. The molecule has 0 spiro atoms. The Kier molecular flexibility index (Phi) is 6.66. The number of hydrogen-bond donors (Lipinski definition) is 1. The van der Waals surface area contributed by atoms with Gasteiger partial charge in [-0.15, -0.1) is 0 Å². The lowest BCUT2D eigenvalue weighted by Gasteiger charge is -2.41. The molecule has 0 aromatic carbocycles. The summed E-state index contributed by atoms with van der Waals surface area (Å²) in [6.45, 7) is 9.07. The number of carboxylic acids is 1. The highest BCUT2D eigenvalue weighted by molar-refractivity contribution is 7.91. The normalized spacial score (nSPS) is 23.1. The minimum absolute atomic E-state index is 0.0218. The van der Waals surface area contributed by atoms with Gasteiger partial charge in [0.15, 0.2) is 9.84 Å². The van der Waals surface area contributed by atoms with Gasteiger partial charge in [0, 0.05) is 18.6 Å². The van der Waals surface area contributed by atoms with Gasteiger partial charge >= 0.3 is 5.97 Å². The van der Waals surface area contributed by atoms with Gasteiger partial charge in [0.05, 0.1) is 17.9 Å². The van der Waals surface area contributed by atoms with Crippen molar-refractivity contribution in [2.24, 2.45) is 11.8 Å². The zero-order valence-electron chi connectivity index (χ0n) is 13.6. The van der Waals surface area contributed by atoms with E-state index in [2.05, 4.69) is 32.6 Å². The van der Waals surface area contributed by atoms with E-state index in [0.717, 1.165) is 12.8 Å². The molecule has 0 radical (unpaired) electrons. The first kappa shape index (κ1) is 18.4. The fourth-order valence-corrected chi connectivity index (χ4v) is 4.76. The first-order chi connectivity index (χ1) is 9.60. The van der Waals surface area contributed by atoms with Crippen LogP contribution in [-0.4, -0.2) is 54.5 Å². The topological polar surface area (TPSA) is 74.7 Å². The molecule has 0 bridgehead atoms. The van der Waals surface area contributed by atoms with Gasteiger partial charge in [-0.05, 0) is 24.7 Å². The van der Waals surface area contributed by atoms with Gasteiger partial charge in [-0.1, -0.05) is 27.7 Å². The molecule has 0 aromatic rings. The average molecular weight is 319 g/mol. The third-order valence-electron chi connectivity index (χ3n) is 3.94. The van der Waals surface area contributed by atoms with Crippen molar-refractivity contribution in [3.05, 3.63) is 0 Å². The fraction of sp³-hybridized carbons (Fsp3) is 0.933. The monoisotopic (exact) mass is 319 g/mol. The highest BCUT2D eigenvalue weighted by atomic mass is 32.2. The molecule has 0 amide bonds. The second-order valence-electron chi connectivity index (χ2n) is 7.02. The summed E-state index contributed by atoms with van der Waals surface area (Å²) in [6, 6.07) is -0.117. The molecule has 1 aliphatic rings. The minimum Gasteiger partial charge on any atom is -0.481 e. The number of carbonyl (C=O) groups is 1. The Morgan fingerprint density at radius 3 is 2.14 bits per heavy atom. The Morgan fingerprint density at radius 2 is 1.71 bits per heavy atom. The highest BCUT2D eigenvalue weighted by Crippen LogP contribution is 2.25.